The molecule has 136 valence electrons. The highest BCUT2D eigenvalue weighted by molar-refractivity contribution is 7.13. The molecule has 1 N–H and O–H groups in total. The second kappa shape index (κ2) is 7.24. The SMILES string of the molecule is Cc1nc(CCNC(=O)c2cn3c(n2)CCN(c2nccs2)CC3)no1. The minimum absolute atomic E-state index is 0.178. The Morgan fingerprint density at radius 2 is 2.27 bits per heavy atom. The molecular weight excluding hydrogens is 354 g/mol. The Bertz CT molecular complexity index is 861. The number of aryl methyl sites for hydroxylation is 1. The van der Waals surface area contributed by atoms with Gasteiger partial charge in [-0.1, -0.05) is 5.16 Å². The molecule has 0 saturated heterocycles. The topological polar surface area (TPSA) is 102 Å². The molecular formula is C16H19N7O2S. The van der Waals surface area contributed by atoms with Gasteiger partial charge in [0.25, 0.3) is 5.91 Å². The molecule has 1 aliphatic rings. The second-order valence-electron chi connectivity index (χ2n) is 6.02. The summed E-state index contributed by atoms with van der Waals surface area (Å²) in [5.41, 5.74) is 0.451. The molecule has 0 saturated carbocycles. The van der Waals surface area contributed by atoms with E-state index in [0.717, 1.165) is 37.0 Å². The monoisotopic (exact) mass is 373 g/mol. The first-order valence-electron chi connectivity index (χ1n) is 8.47. The average Bonchev–Trinajstić information content (AvgIpc) is 3.35. The van der Waals surface area contributed by atoms with Gasteiger partial charge in [0, 0.05) is 63.7 Å². The van der Waals surface area contributed by atoms with Crippen molar-refractivity contribution < 1.29 is 9.32 Å². The number of nitrogens with one attached hydrogen (secondary N) is 1. The summed E-state index contributed by atoms with van der Waals surface area (Å²) in [6.45, 7) is 4.68. The molecule has 26 heavy (non-hydrogen) atoms. The van der Waals surface area contributed by atoms with Gasteiger partial charge in [-0.3, -0.25) is 4.79 Å². The van der Waals surface area contributed by atoms with Crippen LogP contribution in [0.5, 0.6) is 0 Å². The molecule has 0 spiro atoms. The zero-order valence-electron chi connectivity index (χ0n) is 14.4. The number of rotatable bonds is 5. The summed E-state index contributed by atoms with van der Waals surface area (Å²) in [7, 11) is 0. The van der Waals surface area contributed by atoms with E-state index in [2.05, 4.69) is 34.9 Å². The third kappa shape index (κ3) is 3.59. The second-order valence-corrected chi connectivity index (χ2v) is 6.90. The molecule has 0 aliphatic carbocycles. The Morgan fingerprint density at radius 1 is 1.35 bits per heavy atom. The third-order valence-electron chi connectivity index (χ3n) is 4.20. The lowest BCUT2D eigenvalue weighted by molar-refractivity contribution is 0.0949. The van der Waals surface area contributed by atoms with Gasteiger partial charge in [-0.05, 0) is 0 Å². The van der Waals surface area contributed by atoms with Crippen LogP contribution in [0.4, 0.5) is 5.13 Å². The van der Waals surface area contributed by atoms with E-state index >= 15 is 0 Å². The Kier molecular flexibility index (Phi) is 4.65. The van der Waals surface area contributed by atoms with Crippen molar-refractivity contribution in [3.8, 4) is 0 Å². The lowest BCUT2D eigenvalue weighted by atomic mass is 10.3. The van der Waals surface area contributed by atoms with Crippen LogP contribution < -0.4 is 10.2 Å². The lowest BCUT2D eigenvalue weighted by Gasteiger charge is -2.18. The summed E-state index contributed by atoms with van der Waals surface area (Å²) >= 11 is 1.64. The van der Waals surface area contributed by atoms with Gasteiger partial charge < -0.3 is 19.3 Å². The van der Waals surface area contributed by atoms with Gasteiger partial charge in [0.05, 0.1) is 0 Å². The van der Waals surface area contributed by atoms with Crippen molar-refractivity contribution in [2.45, 2.75) is 26.3 Å². The predicted octanol–water partition coefficient (Wildman–Crippen LogP) is 1.07. The number of nitrogens with zero attached hydrogens (tertiary/aromatic N) is 6. The summed E-state index contributed by atoms with van der Waals surface area (Å²) in [5, 5.41) is 9.68. The molecule has 1 amide bonds. The summed E-state index contributed by atoms with van der Waals surface area (Å²) in [6, 6.07) is 0. The number of amides is 1. The van der Waals surface area contributed by atoms with Crippen molar-refractivity contribution in [2.24, 2.45) is 0 Å². The molecule has 1 aliphatic heterocycles. The number of hydrogen-bond acceptors (Lipinski definition) is 8. The molecule has 0 aromatic carbocycles. The van der Waals surface area contributed by atoms with Crippen LogP contribution in [0.25, 0.3) is 0 Å². The molecule has 10 heteroatoms. The lowest BCUT2D eigenvalue weighted by Crippen LogP contribution is -2.27. The minimum Gasteiger partial charge on any atom is -0.350 e. The van der Waals surface area contributed by atoms with E-state index in [1.54, 1.807) is 18.3 Å². The zero-order chi connectivity index (χ0) is 17.9. The molecule has 0 radical (unpaired) electrons. The fourth-order valence-corrected chi connectivity index (χ4v) is 3.61. The highest BCUT2D eigenvalue weighted by atomic mass is 32.1. The van der Waals surface area contributed by atoms with E-state index in [4.69, 9.17) is 4.52 Å². The van der Waals surface area contributed by atoms with E-state index in [9.17, 15) is 4.79 Å². The molecule has 0 fully saturated rings. The van der Waals surface area contributed by atoms with Gasteiger partial charge in [-0.25, -0.2) is 9.97 Å². The van der Waals surface area contributed by atoms with Gasteiger partial charge in [-0.2, -0.15) is 4.98 Å². The van der Waals surface area contributed by atoms with Crippen molar-refractivity contribution in [3.63, 3.8) is 0 Å². The number of hydrogen-bond donors (Lipinski definition) is 1. The maximum Gasteiger partial charge on any atom is 0.271 e. The smallest absolute Gasteiger partial charge is 0.271 e. The van der Waals surface area contributed by atoms with E-state index < -0.39 is 0 Å². The Hall–Kier alpha value is -2.75. The first kappa shape index (κ1) is 16.7. The first-order valence-corrected chi connectivity index (χ1v) is 9.35. The van der Waals surface area contributed by atoms with Crippen LogP contribution in [-0.4, -0.2) is 50.2 Å². The predicted molar refractivity (Wildman–Crippen MR) is 95.3 cm³/mol. The van der Waals surface area contributed by atoms with Crippen LogP contribution in [0.2, 0.25) is 0 Å². The number of thiazole rings is 1. The van der Waals surface area contributed by atoms with Crippen LogP contribution in [0.1, 0.15) is 28.0 Å². The van der Waals surface area contributed by atoms with Gasteiger partial charge in [0.2, 0.25) is 5.89 Å². The van der Waals surface area contributed by atoms with E-state index in [0.29, 0.717) is 30.4 Å². The van der Waals surface area contributed by atoms with Gasteiger partial charge in [0.15, 0.2) is 11.0 Å². The largest absolute Gasteiger partial charge is 0.350 e. The molecule has 4 heterocycles. The van der Waals surface area contributed by atoms with E-state index in [1.165, 1.54) is 0 Å². The average molecular weight is 373 g/mol. The normalized spacial score (nSPS) is 14.1. The highest BCUT2D eigenvalue weighted by Gasteiger charge is 2.20. The molecule has 3 aromatic heterocycles. The zero-order valence-corrected chi connectivity index (χ0v) is 15.2. The summed E-state index contributed by atoms with van der Waals surface area (Å²) in [6.07, 6.45) is 4.96. The summed E-state index contributed by atoms with van der Waals surface area (Å²) in [5.74, 6) is 1.87. The van der Waals surface area contributed by atoms with Crippen molar-refractivity contribution in [1.29, 1.82) is 0 Å². The van der Waals surface area contributed by atoms with Crippen LogP contribution >= 0.6 is 11.3 Å². The molecule has 3 aromatic rings. The minimum atomic E-state index is -0.178. The number of fused-ring (bicyclic) bond motifs is 1. The fourth-order valence-electron chi connectivity index (χ4n) is 2.92. The Labute approximate surface area is 154 Å². The number of carbonyl (C=O) groups is 1. The van der Waals surface area contributed by atoms with Crippen LogP contribution in [-0.2, 0) is 19.4 Å². The maximum atomic E-state index is 12.3. The standard InChI is InChI=1S/C16H19N7O2S/c1-11-19-13(21-25-11)2-4-17-15(24)12-10-23-8-7-22(6-3-14(23)20-12)16-18-5-9-26-16/h5,9-10H,2-4,6-8H2,1H3,(H,17,24). The van der Waals surface area contributed by atoms with Crippen molar-refractivity contribution in [1.82, 2.24) is 30.0 Å². The number of imidazole rings is 1. The quantitative estimate of drug-likeness (QED) is 0.713. The van der Waals surface area contributed by atoms with Crippen molar-refractivity contribution >= 4 is 22.4 Å². The third-order valence-corrected chi connectivity index (χ3v) is 5.03. The maximum absolute atomic E-state index is 12.3. The van der Waals surface area contributed by atoms with E-state index in [-0.39, 0.29) is 5.91 Å². The fraction of sp³-hybridized carbons (Fsp3) is 0.438. The van der Waals surface area contributed by atoms with E-state index in [1.807, 2.05) is 17.8 Å². The molecule has 0 unspecified atom stereocenters. The van der Waals surface area contributed by atoms with Gasteiger partial charge >= 0.3 is 0 Å². The first-order chi connectivity index (χ1) is 12.7. The Balaban J connectivity index is 1.33. The van der Waals surface area contributed by atoms with Gasteiger partial charge in [-0.15, -0.1) is 11.3 Å². The highest BCUT2D eigenvalue weighted by Crippen LogP contribution is 2.20. The van der Waals surface area contributed by atoms with Crippen LogP contribution in [0.15, 0.2) is 22.3 Å². The Morgan fingerprint density at radius 3 is 3.04 bits per heavy atom. The van der Waals surface area contributed by atoms with Crippen LogP contribution in [0, 0.1) is 6.92 Å². The molecule has 0 atom stereocenters. The number of anilines is 1. The van der Waals surface area contributed by atoms with Gasteiger partial charge in [0.1, 0.15) is 11.5 Å². The molecule has 9 nitrogen and oxygen atoms in total. The molecule has 4 rings (SSSR count). The summed E-state index contributed by atoms with van der Waals surface area (Å²) < 4.78 is 6.97. The molecule has 0 bridgehead atoms. The number of aromatic nitrogens is 5. The van der Waals surface area contributed by atoms with Crippen molar-refractivity contribution in [2.75, 3.05) is 24.5 Å². The van der Waals surface area contributed by atoms with Crippen molar-refractivity contribution in [3.05, 3.63) is 41.0 Å². The summed E-state index contributed by atoms with van der Waals surface area (Å²) in [4.78, 5) is 27.6. The number of carbonyl (C=O) groups excluding carboxylic acids is 1. The van der Waals surface area contributed by atoms with Crippen LogP contribution in [0.3, 0.4) is 0 Å².